The van der Waals surface area contributed by atoms with Crippen molar-refractivity contribution in [2.24, 2.45) is 0 Å². The highest BCUT2D eigenvalue weighted by Crippen LogP contribution is 2.21. The van der Waals surface area contributed by atoms with Gasteiger partial charge in [-0.1, -0.05) is 23.7 Å². The average Bonchev–Trinajstić information content (AvgIpc) is 3.28. The van der Waals surface area contributed by atoms with Gasteiger partial charge in [-0.2, -0.15) is 0 Å². The zero-order chi connectivity index (χ0) is 18.1. The number of imidazole rings is 1. The lowest BCUT2D eigenvalue weighted by Gasteiger charge is -2.07. The van der Waals surface area contributed by atoms with Crippen molar-refractivity contribution in [3.63, 3.8) is 0 Å². The van der Waals surface area contributed by atoms with Gasteiger partial charge in [0.1, 0.15) is 17.2 Å². The van der Waals surface area contributed by atoms with Crippen LogP contribution in [0.15, 0.2) is 60.9 Å². The largest absolute Gasteiger partial charge is 0.349 e. The highest BCUT2D eigenvalue weighted by Gasteiger charge is 2.13. The lowest BCUT2D eigenvalue weighted by atomic mass is 10.2. The van der Waals surface area contributed by atoms with Gasteiger partial charge >= 0.3 is 0 Å². The molecule has 3 aromatic heterocycles. The second-order valence-corrected chi connectivity index (χ2v) is 6.15. The van der Waals surface area contributed by atoms with Crippen LogP contribution in [0.2, 0.25) is 5.02 Å². The molecule has 4 rings (SSSR count). The van der Waals surface area contributed by atoms with Gasteiger partial charge in [0.05, 0.1) is 17.6 Å². The summed E-state index contributed by atoms with van der Waals surface area (Å²) in [6.07, 6.45) is 3.64. The van der Waals surface area contributed by atoms with Gasteiger partial charge in [0, 0.05) is 23.3 Å². The van der Waals surface area contributed by atoms with Crippen molar-refractivity contribution in [2.75, 3.05) is 0 Å². The van der Waals surface area contributed by atoms with E-state index >= 15 is 0 Å². The Hall–Kier alpha value is -3.12. The summed E-state index contributed by atoms with van der Waals surface area (Å²) >= 11 is 5.98. The molecule has 7 heteroatoms. The fraction of sp³-hybridized carbons (Fsp3) is 0.0526. The molecule has 1 aromatic carbocycles. The Morgan fingerprint density at radius 1 is 1.19 bits per heavy atom. The van der Waals surface area contributed by atoms with Gasteiger partial charge < -0.3 is 10.3 Å². The van der Waals surface area contributed by atoms with E-state index < -0.39 is 5.82 Å². The number of aromatic amines is 1. The van der Waals surface area contributed by atoms with Crippen LogP contribution in [0.4, 0.5) is 4.39 Å². The third-order valence-electron chi connectivity index (χ3n) is 4.11. The number of amides is 1. The van der Waals surface area contributed by atoms with Gasteiger partial charge in [-0.05, 0) is 36.4 Å². The fourth-order valence-electron chi connectivity index (χ4n) is 2.77. The van der Waals surface area contributed by atoms with Crippen LogP contribution in [-0.2, 0) is 6.54 Å². The smallest absolute Gasteiger partial charge is 0.267 e. The number of hydrogen-bond donors (Lipinski definition) is 2. The number of H-pyrrole nitrogens is 1. The van der Waals surface area contributed by atoms with Crippen LogP contribution in [0.5, 0.6) is 0 Å². The molecule has 0 bridgehead atoms. The van der Waals surface area contributed by atoms with Crippen molar-refractivity contribution in [1.82, 2.24) is 19.7 Å². The van der Waals surface area contributed by atoms with Crippen LogP contribution in [0.25, 0.3) is 17.0 Å². The lowest BCUT2D eigenvalue weighted by molar-refractivity contribution is 0.0946. The number of nitrogens with zero attached hydrogens (tertiary/aromatic N) is 2. The summed E-state index contributed by atoms with van der Waals surface area (Å²) in [5.74, 6) is -0.792. The summed E-state index contributed by atoms with van der Waals surface area (Å²) in [6, 6.07) is 13.6. The topological polar surface area (TPSA) is 62.2 Å². The van der Waals surface area contributed by atoms with Gasteiger partial charge in [-0.15, -0.1) is 0 Å². The first-order valence-corrected chi connectivity index (χ1v) is 8.34. The molecule has 2 N–H and O–H groups in total. The molecular weight excluding hydrogens is 355 g/mol. The molecule has 4 aromatic rings. The van der Waals surface area contributed by atoms with Gasteiger partial charge in [-0.25, -0.2) is 9.37 Å². The van der Waals surface area contributed by atoms with Crippen LogP contribution in [0.3, 0.4) is 0 Å². The molecule has 1 amide bonds. The molecule has 5 nitrogen and oxygen atoms in total. The van der Waals surface area contributed by atoms with E-state index in [0.717, 1.165) is 17.0 Å². The number of pyridine rings is 1. The number of benzene rings is 1. The Kier molecular flexibility index (Phi) is 4.18. The second kappa shape index (κ2) is 6.65. The van der Waals surface area contributed by atoms with Gasteiger partial charge in [-0.3, -0.25) is 9.20 Å². The molecule has 3 heterocycles. The summed E-state index contributed by atoms with van der Waals surface area (Å²) in [6.45, 7) is 0.00824. The third-order valence-corrected chi connectivity index (χ3v) is 4.47. The number of fused-ring (bicyclic) bond motifs is 1. The highest BCUT2D eigenvalue weighted by molar-refractivity contribution is 6.31. The van der Waals surface area contributed by atoms with E-state index in [2.05, 4.69) is 15.3 Å². The first-order chi connectivity index (χ1) is 12.6. The Morgan fingerprint density at radius 3 is 2.92 bits per heavy atom. The minimum atomic E-state index is -0.448. The summed E-state index contributed by atoms with van der Waals surface area (Å²) in [5.41, 5.74) is 3.06. The SMILES string of the molecule is O=C(NCc1c(F)cccc1Cl)c1ccc(-c2cnc3ccccn23)[nH]1. The van der Waals surface area contributed by atoms with Gasteiger partial charge in [0.2, 0.25) is 0 Å². The molecule has 0 aliphatic rings. The average molecular weight is 369 g/mol. The number of aromatic nitrogens is 3. The van der Waals surface area contributed by atoms with E-state index in [1.54, 1.807) is 24.4 Å². The van der Waals surface area contributed by atoms with Gasteiger partial charge in [0.25, 0.3) is 5.91 Å². The van der Waals surface area contributed by atoms with Crippen LogP contribution in [0, 0.1) is 5.82 Å². The molecule has 0 fully saturated rings. The molecule has 0 aliphatic carbocycles. The van der Waals surface area contributed by atoms with E-state index in [4.69, 9.17) is 11.6 Å². The summed E-state index contributed by atoms with van der Waals surface area (Å²) in [5, 5.41) is 2.96. The normalized spacial score (nSPS) is 11.0. The Labute approximate surface area is 153 Å². The van der Waals surface area contributed by atoms with Crippen molar-refractivity contribution >= 4 is 23.2 Å². The minimum Gasteiger partial charge on any atom is -0.349 e. The maximum Gasteiger partial charge on any atom is 0.267 e. The molecule has 0 saturated carbocycles. The zero-order valence-electron chi connectivity index (χ0n) is 13.5. The Morgan fingerprint density at radius 2 is 2.08 bits per heavy atom. The first-order valence-electron chi connectivity index (χ1n) is 7.96. The molecule has 130 valence electrons. The van der Waals surface area contributed by atoms with Crippen molar-refractivity contribution in [3.05, 3.63) is 83.0 Å². The summed E-state index contributed by atoms with van der Waals surface area (Å²) < 4.78 is 15.7. The molecule has 0 spiro atoms. The Bertz CT molecular complexity index is 1080. The number of carbonyl (C=O) groups is 1. The van der Waals surface area contributed by atoms with Crippen LogP contribution < -0.4 is 5.32 Å². The van der Waals surface area contributed by atoms with E-state index in [1.165, 1.54) is 12.1 Å². The van der Waals surface area contributed by atoms with E-state index in [1.807, 2.05) is 28.8 Å². The monoisotopic (exact) mass is 368 g/mol. The fourth-order valence-corrected chi connectivity index (χ4v) is 3.00. The quantitative estimate of drug-likeness (QED) is 0.570. The summed E-state index contributed by atoms with van der Waals surface area (Å²) in [7, 11) is 0. The number of halogens is 2. The number of nitrogens with one attached hydrogen (secondary N) is 2. The zero-order valence-corrected chi connectivity index (χ0v) is 14.3. The third kappa shape index (κ3) is 2.95. The molecule has 0 aliphatic heterocycles. The number of hydrogen-bond acceptors (Lipinski definition) is 2. The number of rotatable bonds is 4. The molecule has 0 radical (unpaired) electrons. The van der Waals surface area contributed by atoms with Crippen LogP contribution >= 0.6 is 11.6 Å². The molecule has 0 saturated heterocycles. The highest BCUT2D eigenvalue weighted by atomic mass is 35.5. The summed E-state index contributed by atoms with van der Waals surface area (Å²) in [4.78, 5) is 19.8. The molecule has 0 unspecified atom stereocenters. The van der Waals surface area contributed by atoms with Gasteiger partial charge in [0.15, 0.2) is 0 Å². The maximum atomic E-state index is 13.8. The maximum absolute atomic E-state index is 13.8. The van der Waals surface area contributed by atoms with E-state index in [0.29, 0.717) is 5.69 Å². The predicted molar refractivity (Wildman–Crippen MR) is 97.6 cm³/mol. The van der Waals surface area contributed by atoms with E-state index in [-0.39, 0.29) is 23.0 Å². The molecule has 26 heavy (non-hydrogen) atoms. The minimum absolute atomic E-state index is 0.00824. The van der Waals surface area contributed by atoms with Crippen LogP contribution in [0.1, 0.15) is 16.1 Å². The first kappa shape index (κ1) is 16.4. The van der Waals surface area contributed by atoms with Crippen molar-refractivity contribution in [3.8, 4) is 11.4 Å². The second-order valence-electron chi connectivity index (χ2n) is 5.74. The van der Waals surface area contributed by atoms with Crippen molar-refractivity contribution < 1.29 is 9.18 Å². The standard InChI is InChI=1S/C19H14ClFN4O/c20-13-4-3-5-14(21)12(13)10-23-19(26)16-8-7-15(24-16)17-11-22-18-6-1-2-9-25(17)18/h1-9,11,24H,10H2,(H,23,26). The van der Waals surface area contributed by atoms with E-state index in [9.17, 15) is 9.18 Å². The number of carbonyl (C=O) groups excluding carboxylic acids is 1. The molecule has 0 atom stereocenters. The van der Waals surface area contributed by atoms with Crippen LogP contribution in [-0.4, -0.2) is 20.3 Å². The van der Waals surface area contributed by atoms with Crippen molar-refractivity contribution in [1.29, 1.82) is 0 Å². The lowest BCUT2D eigenvalue weighted by Crippen LogP contribution is -2.23. The Balaban J connectivity index is 1.53. The molecular formula is C19H14ClFN4O. The predicted octanol–water partition coefficient (Wildman–Crippen LogP) is 4.05. The van der Waals surface area contributed by atoms with Crippen molar-refractivity contribution in [2.45, 2.75) is 6.54 Å².